The highest BCUT2D eigenvalue weighted by molar-refractivity contribution is 7.46. The van der Waals surface area contributed by atoms with Gasteiger partial charge in [0.2, 0.25) is 5.91 Å². The summed E-state index contributed by atoms with van der Waals surface area (Å²) in [5, 5.41) is 12.9. The van der Waals surface area contributed by atoms with E-state index >= 15 is 0 Å². The van der Waals surface area contributed by atoms with Gasteiger partial charge in [-0.05, 0) is 33.6 Å². The molecule has 0 aliphatic carbocycles. The van der Waals surface area contributed by atoms with Crippen molar-refractivity contribution in [1.29, 1.82) is 0 Å². The zero-order valence-electron chi connectivity index (χ0n) is 21.7. The number of phosphoric acid groups is 1. The Morgan fingerprint density at radius 3 is 1.61 bits per heavy atom. The molecule has 1 amide bonds. The van der Waals surface area contributed by atoms with E-state index in [1.165, 1.54) is 90.9 Å². The third kappa shape index (κ3) is 21.8. The SMILES string of the molecule is CCCCCCCCCCCCCCCCCC(=O)NC(C)CC(OP(=O)(O)O)C(C)(C)O. The number of hydrogen-bond donors (Lipinski definition) is 4. The fourth-order valence-corrected chi connectivity index (χ4v) is 4.69. The molecule has 0 heterocycles. The van der Waals surface area contributed by atoms with E-state index in [1.54, 1.807) is 6.92 Å². The number of rotatable bonds is 22. The van der Waals surface area contributed by atoms with Crippen LogP contribution in [0.5, 0.6) is 0 Å². The minimum atomic E-state index is -4.73. The van der Waals surface area contributed by atoms with Gasteiger partial charge in [-0.25, -0.2) is 4.57 Å². The molecule has 0 aromatic carbocycles. The van der Waals surface area contributed by atoms with Gasteiger partial charge in [0, 0.05) is 12.5 Å². The summed E-state index contributed by atoms with van der Waals surface area (Å²) >= 11 is 0. The fraction of sp³-hybridized carbons (Fsp3) is 0.960. The van der Waals surface area contributed by atoms with Gasteiger partial charge in [0.15, 0.2) is 0 Å². The minimum Gasteiger partial charge on any atom is -0.388 e. The van der Waals surface area contributed by atoms with Crippen LogP contribution in [0, 0.1) is 0 Å². The van der Waals surface area contributed by atoms with Crippen molar-refractivity contribution in [2.75, 3.05) is 0 Å². The molecule has 198 valence electrons. The van der Waals surface area contributed by atoms with Gasteiger partial charge in [-0.1, -0.05) is 96.8 Å². The highest BCUT2D eigenvalue weighted by atomic mass is 31.2. The Labute approximate surface area is 202 Å². The van der Waals surface area contributed by atoms with Crippen LogP contribution in [-0.4, -0.2) is 38.5 Å². The minimum absolute atomic E-state index is 0.0807. The Hall–Kier alpha value is -0.460. The molecule has 2 unspecified atom stereocenters. The average Bonchev–Trinajstić information content (AvgIpc) is 2.68. The van der Waals surface area contributed by atoms with E-state index in [0.29, 0.717) is 6.42 Å². The standard InChI is InChI=1S/C25H52NO6P/c1-5-6-7-8-9-10-11-12-13-14-15-16-17-18-19-20-24(27)26-22(2)21-23(25(3,4)28)32-33(29,30)31/h22-23,28H,5-21H2,1-4H3,(H,26,27)(H2,29,30,31). The van der Waals surface area contributed by atoms with Crippen LogP contribution >= 0.6 is 7.82 Å². The topological polar surface area (TPSA) is 116 Å². The Morgan fingerprint density at radius 1 is 0.848 bits per heavy atom. The molecule has 4 N–H and O–H groups in total. The van der Waals surface area contributed by atoms with E-state index in [9.17, 15) is 14.5 Å². The predicted octanol–water partition coefficient (Wildman–Crippen LogP) is 6.39. The van der Waals surface area contributed by atoms with Crippen molar-refractivity contribution in [2.45, 2.75) is 155 Å². The number of hydrogen-bond acceptors (Lipinski definition) is 4. The maximum Gasteiger partial charge on any atom is 0.469 e. The van der Waals surface area contributed by atoms with Gasteiger partial charge in [-0.3, -0.25) is 9.32 Å². The molecule has 0 aliphatic rings. The normalized spacial score (nSPS) is 14.3. The Bertz CT molecular complexity index is 531. The van der Waals surface area contributed by atoms with E-state index in [0.717, 1.165) is 19.3 Å². The number of phosphoric ester groups is 1. The third-order valence-corrected chi connectivity index (χ3v) is 6.56. The van der Waals surface area contributed by atoms with Gasteiger partial charge in [0.25, 0.3) is 0 Å². The molecule has 0 aromatic heterocycles. The van der Waals surface area contributed by atoms with Gasteiger partial charge >= 0.3 is 7.82 Å². The zero-order valence-corrected chi connectivity index (χ0v) is 22.6. The Morgan fingerprint density at radius 2 is 1.24 bits per heavy atom. The van der Waals surface area contributed by atoms with Crippen LogP contribution in [0.1, 0.15) is 137 Å². The molecule has 0 rings (SSSR count). The monoisotopic (exact) mass is 493 g/mol. The number of unbranched alkanes of at least 4 members (excludes halogenated alkanes) is 14. The Kier molecular flexibility index (Phi) is 18.6. The van der Waals surface area contributed by atoms with Gasteiger partial charge < -0.3 is 20.2 Å². The lowest BCUT2D eigenvalue weighted by atomic mass is 9.96. The lowest BCUT2D eigenvalue weighted by Crippen LogP contribution is -2.43. The van der Waals surface area contributed by atoms with Crippen molar-refractivity contribution in [3.05, 3.63) is 0 Å². The van der Waals surface area contributed by atoms with E-state index in [4.69, 9.17) is 14.3 Å². The molecule has 33 heavy (non-hydrogen) atoms. The summed E-state index contributed by atoms with van der Waals surface area (Å²) in [5.74, 6) is -0.0807. The summed E-state index contributed by atoms with van der Waals surface area (Å²) in [6.45, 7) is 6.86. The first kappa shape index (κ1) is 32.5. The second kappa shape index (κ2) is 18.8. The van der Waals surface area contributed by atoms with Gasteiger partial charge in [-0.15, -0.1) is 0 Å². The summed E-state index contributed by atoms with van der Waals surface area (Å²) in [6, 6.07) is -0.364. The maximum atomic E-state index is 12.1. The molecule has 7 nitrogen and oxygen atoms in total. The molecule has 0 spiro atoms. The number of aliphatic hydroxyl groups is 1. The van der Waals surface area contributed by atoms with Crippen molar-refractivity contribution in [3.8, 4) is 0 Å². The molecule has 0 aliphatic heterocycles. The van der Waals surface area contributed by atoms with E-state index in [-0.39, 0.29) is 18.4 Å². The Balaban J connectivity index is 3.71. The second-order valence-corrected chi connectivity index (χ2v) is 11.3. The van der Waals surface area contributed by atoms with Crippen LogP contribution in [0.3, 0.4) is 0 Å². The zero-order chi connectivity index (χ0) is 25.2. The molecular weight excluding hydrogens is 441 g/mol. The van der Waals surface area contributed by atoms with Crippen LogP contribution < -0.4 is 5.32 Å². The van der Waals surface area contributed by atoms with Gasteiger partial charge in [-0.2, -0.15) is 0 Å². The van der Waals surface area contributed by atoms with E-state index in [2.05, 4.69) is 12.2 Å². The largest absolute Gasteiger partial charge is 0.469 e. The van der Waals surface area contributed by atoms with Crippen molar-refractivity contribution in [1.82, 2.24) is 5.32 Å². The second-order valence-electron chi connectivity index (χ2n) is 10.1. The summed E-state index contributed by atoms with van der Waals surface area (Å²) in [6.07, 6.45) is 18.7. The van der Waals surface area contributed by atoms with Crippen molar-refractivity contribution in [3.63, 3.8) is 0 Å². The molecule has 0 saturated heterocycles. The van der Waals surface area contributed by atoms with Crippen LogP contribution in [0.4, 0.5) is 0 Å². The number of carbonyl (C=O) groups is 1. The summed E-state index contributed by atoms with van der Waals surface area (Å²) in [7, 11) is -4.73. The lowest BCUT2D eigenvalue weighted by Gasteiger charge is -2.31. The maximum absolute atomic E-state index is 12.1. The lowest BCUT2D eigenvalue weighted by molar-refractivity contribution is -0.122. The highest BCUT2D eigenvalue weighted by Gasteiger charge is 2.35. The molecule has 8 heteroatoms. The molecule has 2 atom stereocenters. The highest BCUT2D eigenvalue weighted by Crippen LogP contribution is 2.41. The summed E-state index contributed by atoms with van der Waals surface area (Å²) in [5.41, 5.74) is -1.44. The van der Waals surface area contributed by atoms with Gasteiger partial charge in [0.05, 0.1) is 11.7 Å². The predicted molar refractivity (Wildman–Crippen MR) is 135 cm³/mol. The van der Waals surface area contributed by atoms with Crippen molar-refractivity contribution >= 4 is 13.7 Å². The van der Waals surface area contributed by atoms with Crippen LogP contribution in [0.2, 0.25) is 0 Å². The van der Waals surface area contributed by atoms with Crippen molar-refractivity contribution < 1.29 is 28.8 Å². The first-order chi connectivity index (χ1) is 15.5. The van der Waals surface area contributed by atoms with E-state index < -0.39 is 19.5 Å². The number of carbonyl (C=O) groups excluding carboxylic acids is 1. The summed E-state index contributed by atoms with van der Waals surface area (Å²) in [4.78, 5) is 30.2. The number of amides is 1. The van der Waals surface area contributed by atoms with E-state index in [1.807, 2.05) is 0 Å². The average molecular weight is 494 g/mol. The van der Waals surface area contributed by atoms with Gasteiger partial charge in [0.1, 0.15) is 0 Å². The molecule has 0 aromatic rings. The smallest absolute Gasteiger partial charge is 0.388 e. The first-order valence-corrected chi connectivity index (χ1v) is 14.7. The molecule has 0 bridgehead atoms. The fourth-order valence-electron chi connectivity index (χ4n) is 4.01. The molecular formula is C25H52NO6P. The van der Waals surface area contributed by atoms with Crippen LogP contribution in [-0.2, 0) is 13.9 Å². The van der Waals surface area contributed by atoms with Crippen molar-refractivity contribution in [2.24, 2.45) is 0 Å². The van der Waals surface area contributed by atoms with Crippen LogP contribution in [0.15, 0.2) is 0 Å². The molecule has 0 saturated carbocycles. The van der Waals surface area contributed by atoms with Crippen LogP contribution in [0.25, 0.3) is 0 Å². The molecule has 0 radical (unpaired) electrons. The first-order valence-electron chi connectivity index (χ1n) is 13.2. The third-order valence-electron chi connectivity index (χ3n) is 6.03. The summed E-state index contributed by atoms with van der Waals surface area (Å²) < 4.78 is 15.8. The number of nitrogens with one attached hydrogen (secondary N) is 1. The molecule has 0 fully saturated rings. The quantitative estimate of drug-likeness (QED) is 0.103.